The molecule has 0 unspecified atom stereocenters. The Bertz CT molecular complexity index is 883. The summed E-state index contributed by atoms with van der Waals surface area (Å²) in [6.07, 6.45) is 0. The van der Waals surface area contributed by atoms with E-state index in [2.05, 4.69) is 12.0 Å². The van der Waals surface area contributed by atoms with Crippen molar-refractivity contribution in [2.24, 2.45) is 5.84 Å². The van der Waals surface area contributed by atoms with Gasteiger partial charge in [-0.3, -0.25) is 10.6 Å². The lowest BCUT2D eigenvalue weighted by atomic mass is 10.0. The Kier molecular flexibility index (Phi) is 5.18. The lowest BCUT2D eigenvalue weighted by molar-refractivity contribution is 0.0748. The van der Waals surface area contributed by atoms with Crippen LogP contribution in [0, 0.1) is 0 Å². The summed E-state index contributed by atoms with van der Waals surface area (Å²) in [7, 11) is 1.56. The van der Waals surface area contributed by atoms with Gasteiger partial charge >= 0.3 is 0 Å². The van der Waals surface area contributed by atoms with Gasteiger partial charge < -0.3 is 20.2 Å². The van der Waals surface area contributed by atoms with E-state index in [1.807, 2.05) is 12.1 Å². The molecular weight excluding hydrogens is 354 g/mol. The predicted molar refractivity (Wildman–Crippen MR) is 102 cm³/mol. The summed E-state index contributed by atoms with van der Waals surface area (Å²) in [6.45, 7) is 5.14. The number of benzene rings is 2. The van der Waals surface area contributed by atoms with Crippen molar-refractivity contribution in [2.45, 2.75) is 13.1 Å². The van der Waals surface area contributed by atoms with E-state index in [1.54, 1.807) is 24.1 Å². The minimum Gasteiger partial charge on any atom is -0.507 e. The maximum absolute atomic E-state index is 13.0. The third-order valence-electron chi connectivity index (χ3n) is 4.40. The highest BCUT2D eigenvalue weighted by Crippen LogP contribution is 2.33. The predicted octanol–water partition coefficient (Wildman–Crippen LogP) is 3.15. The first kappa shape index (κ1) is 18.3. The van der Waals surface area contributed by atoms with Crippen molar-refractivity contribution >= 4 is 28.8 Å². The van der Waals surface area contributed by atoms with Crippen LogP contribution in [-0.2, 0) is 17.8 Å². The number of amides is 1. The summed E-state index contributed by atoms with van der Waals surface area (Å²) in [5.41, 5.74) is 6.50. The fourth-order valence-corrected chi connectivity index (χ4v) is 3.30. The molecule has 0 saturated heterocycles. The Morgan fingerprint density at radius 1 is 1.31 bits per heavy atom. The van der Waals surface area contributed by atoms with Gasteiger partial charge in [0.05, 0.1) is 17.9 Å². The van der Waals surface area contributed by atoms with Crippen molar-refractivity contribution in [3.05, 3.63) is 64.2 Å². The van der Waals surface area contributed by atoms with Crippen molar-refractivity contribution in [3.8, 4) is 5.75 Å². The van der Waals surface area contributed by atoms with Crippen LogP contribution in [0.4, 0.5) is 5.69 Å². The van der Waals surface area contributed by atoms with E-state index < -0.39 is 0 Å². The number of ether oxygens (including phenoxy) is 1. The van der Waals surface area contributed by atoms with Crippen LogP contribution >= 0.6 is 11.6 Å². The van der Waals surface area contributed by atoms with Crippen molar-refractivity contribution in [1.82, 2.24) is 4.90 Å². The molecule has 0 atom stereocenters. The fourth-order valence-electron chi connectivity index (χ4n) is 3.10. The van der Waals surface area contributed by atoms with Crippen LogP contribution in [0.25, 0.3) is 5.57 Å². The fraction of sp³-hybridized carbons (Fsp3) is 0.211. The zero-order valence-electron chi connectivity index (χ0n) is 14.4. The van der Waals surface area contributed by atoms with Crippen LogP contribution in [0.1, 0.15) is 27.0 Å². The molecule has 0 spiro atoms. The molecule has 0 saturated carbocycles. The van der Waals surface area contributed by atoms with Crippen LogP contribution in [0.5, 0.6) is 5.75 Å². The molecule has 6 nitrogen and oxygen atoms in total. The normalized spacial score (nSPS) is 12.8. The minimum atomic E-state index is -0.273. The van der Waals surface area contributed by atoms with Gasteiger partial charge in [-0.15, -0.1) is 0 Å². The van der Waals surface area contributed by atoms with E-state index in [-0.39, 0.29) is 23.8 Å². The van der Waals surface area contributed by atoms with E-state index >= 15 is 0 Å². The molecule has 0 radical (unpaired) electrons. The Balaban J connectivity index is 1.92. The maximum atomic E-state index is 13.0. The third kappa shape index (κ3) is 3.39. The van der Waals surface area contributed by atoms with Gasteiger partial charge in [0.25, 0.3) is 5.91 Å². The highest BCUT2D eigenvalue weighted by atomic mass is 35.5. The number of fused-ring (bicyclic) bond motifs is 1. The van der Waals surface area contributed by atoms with Gasteiger partial charge in [-0.2, -0.15) is 0 Å². The quantitative estimate of drug-likeness (QED) is 0.553. The molecule has 0 fully saturated rings. The average molecular weight is 374 g/mol. The maximum Gasteiger partial charge on any atom is 0.258 e. The van der Waals surface area contributed by atoms with E-state index in [9.17, 15) is 9.90 Å². The molecule has 2 aromatic rings. The topological polar surface area (TPSA) is 87.8 Å². The van der Waals surface area contributed by atoms with Crippen molar-refractivity contribution < 1.29 is 14.6 Å². The van der Waals surface area contributed by atoms with Gasteiger partial charge in [-0.1, -0.05) is 24.2 Å². The summed E-state index contributed by atoms with van der Waals surface area (Å²) in [5, 5.41) is 11.0. The number of nitrogens with zero attached hydrogens (tertiary/aromatic N) is 1. The average Bonchev–Trinajstić information content (AvgIpc) is 3.04. The molecule has 0 bridgehead atoms. The van der Waals surface area contributed by atoms with Gasteiger partial charge in [-0.25, -0.2) is 0 Å². The number of nitrogen functional groups attached to an aromatic ring is 1. The number of halogens is 1. The Morgan fingerprint density at radius 3 is 2.73 bits per heavy atom. The number of anilines is 1. The van der Waals surface area contributed by atoms with Crippen molar-refractivity contribution in [2.75, 3.05) is 19.1 Å². The second-order valence-corrected chi connectivity index (χ2v) is 6.61. The number of aromatic hydroxyl groups is 1. The van der Waals surface area contributed by atoms with Crippen molar-refractivity contribution in [1.29, 1.82) is 0 Å². The third-order valence-corrected chi connectivity index (χ3v) is 4.63. The highest BCUT2D eigenvalue weighted by Gasteiger charge is 2.27. The first-order valence-electron chi connectivity index (χ1n) is 8.02. The second kappa shape index (κ2) is 7.37. The number of hydrazine groups is 1. The molecule has 3 rings (SSSR count). The first-order valence-corrected chi connectivity index (χ1v) is 8.39. The van der Waals surface area contributed by atoms with Gasteiger partial charge in [0.15, 0.2) is 0 Å². The lowest BCUT2D eigenvalue weighted by Gasteiger charge is -2.19. The summed E-state index contributed by atoms with van der Waals surface area (Å²) in [5.74, 6) is 5.10. The van der Waals surface area contributed by atoms with Crippen LogP contribution in [-0.4, -0.2) is 29.6 Å². The molecule has 7 heteroatoms. The number of hydrogen-bond acceptors (Lipinski definition) is 5. The molecule has 0 aromatic heterocycles. The number of hydrogen-bond donors (Lipinski definition) is 3. The second-order valence-electron chi connectivity index (χ2n) is 6.17. The summed E-state index contributed by atoms with van der Waals surface area (Å²) < 4.78 is 5.10. The molecular formula is C19H20ClN3O3. The van der Waals surface area contributed by atoms with Gasteiger partial charge in [0.2, 0.25) is 0 Å². The molecule has 1 amide bonds. The SMILES string of the molecule is C=C(COC)c1cc(C(=O)N2Cc3ccc(Cl)cc3C2)c(O)cc1NN. The number of carbonyl (C=O) groups is 1. The Morgan fingerprint density at radius 2 is 2.04 bits per heavy atom. The molecule has 0 aliphatic carbocycles. The summed E-state index contributed by atoms with van der Waals surface area (Å²) in [6, 6.07) is 8.59. The molecule has 1 heterocycles. The van der Waals surface area contributed by atoms with Crippen LogP contribution in [0.3, 0.4) is 0 Å². The lowest BCUT2D eigenvalue weighted by Crippen LogP contribution is -2.25. The number of carbonyl (C=O) groups excluding carboxylic acids is 1. The molecule has 1 aliphatic rings. The summed E-state index contributed by atoms with van der Waals surface area (Å²) >= 11 is 6.03. The van der Waals surface area contributed by atoms with Gasteiger partial charge in [-0.05, 0) is 34.9 Å². The van der Waals surface area contributed by atoms with E-state index in [0.29, 0.717) is 34.9 Å². The smallest absolute Gasteiger partial charge is 0.258 e. The highest BCUT2D eigenvalue weighted by molar-refractivity contribution is 6.30. The minimum absolute atomic E-state index is 0.147. The van der Waals surface area contributed by atoms with Gasteiger partial charge in [0.1, 0.15) is 5.75 Å². The van der Waals surface area contributed by atoms with Crippen molar-refractivity contribution in [3.63, 3.8) is 0 Å². The number of methoxy groups -OCH3 is 1. The Labute approximate surface area is 156 Å². The molecule has 1 aliphatic heterocycles. The van der Waals surface area contributed by atoms with E-state index in [1.165, 1.54) is 6.07 Å². The van der Waals surface area contributed by atoms with Crippen LogP contribution in [0.2, 0.25) is 5.02 Å². The molecule has 26 heavy (non-hydrogen) atoms. The number of phenolic OH excluding ortho intramolecular Hbond substituents is 1. The number of phenols is 1. The van der Waals surface area contributed by atoms with Gasteiger partial charge in [0, 0.05) is 36.9 Å². The molecule has 2 aromatic carbocycles. The zero-order valence-corrected chi connectivity index (χ0v) is 15.1. The first-order chi connectivity index (χ1) is 12.4. The standard InChI is InChI=1S/C19H20ClN3O3/c1-11(10-26-2)15-6-16(18(24)7-17(15)22-21)19(25)23-8-12-3-4-14(20)5-13(12)9-23/h3-7,22,24H,1,8-10,21H2,2H3. The Hall–Kier alpha value is -2.54. The number of nitrogens with one attached hydrogen (secondary N) is 1. The van der Waals surface area contributed by atoms with Crippen LogP contribution < -0.4 is 11.3 Å². The molecule has 4 N–H and O–H groups in total. The number of nitrogens with two attached hydrogens (primary N) is 1. The zero-order chi connectivity index (χ0) is 18.8. The van der Waals surface area contributed by atoms with E-state index in [0.717, 1.165) is 11.1 Å². The molecule has 136 valence electrons. The summed E-state index contributed by atoms with van der Waals surface area (Å²) in [4.78, 5) is 14.6. The monoisotopic (exact) mass is 373 g/mol. The van der Waals surface area contributed by atoms with Crippen LogP contribution in [0.15, 0.2) is 36.9 Å². The largest absolute Gasteiger partial charge is 0.507 e. The van der Waals surface area contributed by atoms with E-state index in [4.69, 9.17) is 22.2 Å². The number of rotatable bonds is 5.